The van der Waals surface area contributed by atoms with E-state index < -0.39 is 9.85 Å². The van der Waals surface area contributed by atoms with Crippen LogP contribution in [0.15, 0.2) is 158 Å². The van der Waals surface area contributed by atoms with Crippen LogP contribution < -0.4 is 19.3 Å². The molecule has 0 saturated carbocycles. The number of nitro groups is 2. The second-order valence-electron chi connectivity index (χ2n) is 13.8. The van der Waals surface area contributed by atoms with Crippen LogP contribution >= 0.6 is 0 Å². The lowest BCUT2D eigenvalue weighted by molar-refractivity contribution is -0.385. The SMILES string of the molecule is COc1ccc(N(c2ccc([N+](=O)[O-])cc2)c2cc3c(c4ccccc24)c2c4ccccc4c(N(c4ccc(OC)cc4)c4ccc([N+](=O)[O-])cc4)cc2n3C)cc1. The largest absolute Gasteiger partial charge is 0.497 e. The third-order valence-corrected chi connectivity index (χ3v) is 10.8. The summed E-state index contributed by atoms with van der Waals surface area (Å²) in [5.74, 6) is 1.42. The van der Waals surface area contributed by atoms with Gasteiger partial charge in [-0.15, -0.1) is 0 Å². The predicted octanol–water partition coefficient (Wildman–Crippen LogP) is 12.4. The van der Waals surface area contributed by atoms with Gasteiger partial charge in [-0.1, -0.05) is 48.5 Å². The number of methoxy groups -OCH3 is 2. The minimum absolute atomic E-state index is 0.00696. The molecule has 58 heavy (non-hydrogen) atoms. The van der Waals surface area contributed by atoms with Gasteiger partial charge in [0.05, 0.1) is 46.5 Å². The standard InChI is InChI=1S/C47H35N5O6/c1-48-44-28-42(49(32-20-24-36(57-2)25-21-32)30-12-16-34(17-13-30)51(53)54)38-8-4-6-10-40(38)46(44)47-41-11-7-5-9-39(41)43(29-45(47)48)50(33-22-26-37(58-3)27-23-33)31-14-18-35(19-15-31)52(55)56/h4-29H,1-3H3. The summed E-state index contributed by atoms with van der Waals surface area (Å²) in [6.45, 7) is 0. The van der Waals surface area contributed by atoms with Crippen molar-refractivity contribution in [3.05, 3.63) is 178 Å². The summed E-state index contributed by atoms with van der Waals surface area (Å²) >= 11 is 0. The van der Waals surface area contributed by atoms with E-state index in [4.69, 9.17) is 9.47 Å². The smallest absolute Gasteiger partial charge is 0.269 e. The van der Waals surface area contributed by atoms with E-state index in [1.54, 1.807) is 38.5 Å². The van der Waals surface area contributed by atoms with Gasteiger partial charge in [-0.2, -0.15) is 0 Å². The van der Waals surface area contributed by atoms with Gasteiger partial charge in [0.2, 0.25) is 0 Å². The number of nitro benzene ring substituents is 2. The number of aryl methyl sites for hydroxylation is 1. The maximum atomic E-state index is 11.7. The van der Waals surface area contributed by atoms with Crippen LogP contribution in [0.4, 0.5) is 45.5 Å². The number of anilines is 6. The highest BCUT2D eigenvalue weighted by molar-refractivity contribution is 6.31. The summed E-state index contributed by atoms with van der Waals surface area (Å²) in [6, 6.07) is 49.7. The molecule has 0 N–H and O–H groups in total. The van der Waals surface area contributed by atoms with Crippen molar-refractivity contribution in [1.82, 2.24) is 4.57 Å². The fourth-order valence-corrected chi connectivity index (χ4v) is 8.00. The molecular weight excluding hydrogens is 731 g/mol. The first-order valence-electron chi connectivity index (χ1n) is 18.5. The fourth-order valence-electron chi connectivity index (χ4n) is 8.00. The van der Waals surface area contributed by atoms with E-state index in [-0.39, 0.29) is 11.4 Å². The molecule has 0 saturated heterocycles. The molecule has 0 atom stereocenters. The van der Waals surface area contributed by atoms with Crippen molar-refractivity contribution in [3.8, 4) is 11.5 Å². The summed E-state index contributed by atoms with van der Waals surface area (Å²) in [5.41, 5.74) is 6.98. The molecule has 9 aromatic rings. The first kappa shape index (κ1) is 35.8. The topological polar surface area (TPSA) is 116 Å². The van der Waals surface area contributed by atoms with Crippen molar-refractivity contribution in [3.63, 3.8) is 0 Å². The van der Waals surface area contributed by atoms with Gasteiger partial charge in [-0.05, 0) is 95.7 Å². The van der Waals surface area contributed by atoms with Crippen LogP contribution in [0.2, 0.25) is 0 Å². The van der Waals surface area contributed by atoms with Crippen LogP contribution in [0.25, 0.3) is 43.4 Å². The lowest BCUT2D eigenvalue weighted by Crippen LogP contribution is -2.11. The zero-order valence-corrected chi connectivity index (χ0v) is 31.7. The lowest BCUT2D eigenvalue weighted by Gasteiger charge is -2.27. The van der Waals surface area contributed by atoms with Crippen molar-refractivity contribution in [1.29, 1.82) is 0 Å². The Morgan fingerprint density at radius 2 is 0.776 bits per heavy atom. The number of non-ortho nitro benzene ring substituents is 2. The van der Waals surface area contributed by atoms with Gasteiger partial charge in [-0.25, -0.2) is 0 Å². The quantitative estimate of drug-likeness (QED) is 0.0998. The third kappa shape index (κ3) is 5.93. The minimum Gasteiger partial charge on any atom is -0.497 e. The van der Waals surface area contributed by atoms with Crippen molar-refractivity contribution in [2.24, 2.45) is 7.05 Å². The highest BCUT2D eigenvalue weighted by Gasteiger charge is 2.25. The molecule has 11 nitrogen and oxygen atoms in total. The fraction of sp³-hybridized carbons (Fsp3) is 0.0638. The number of fused-ring (bicyclic) bond motifs is 7. The van der Waals surface area contributed by atoms with Crippen molar-refractivity contribution < 1.29 is 19.3 Å². The number of benzene rings is 8. The highest BCUT2D eigenvalue weighted by atomic mass is 16.6. The molecule has 11 heteroatoms. The van der Waals surface area contributed by atoms with Crippen LogP contribution in [-0.4, -0.2) is 28.6 Å². The number of hydrogen-bond acceptors (Lipinski definition) is 8. The maximum absolute atomic E-state index is 11.7. The number of ether oxygens (including phenoxy) is 2. The molecule has 0 fully saturated rings. The van der Waals surface area contributed by atoms with Gasteiger partial charge >= 0.3 is 0 Å². The number of rotatable bonds is 10. The molecular formula is C47H35N5O6. The monoisotopic (exact) mass is 765 g/mol. The Morgan fingerprint density at radius 1 is 0.466 bits per heavy atom. The summed E-state index contributed by atoms with van der Waals surface area (Å²) in [7, 11) is 5.32. The summed E-state index contributed by atoms with van der Waals surface area (Å²) in [5, 5.41) is 29.6. The van der Waals surface area contributed by atoms with Gasteiger partial charge in [0, 0.05) is 75.6 Å². The second kappa shape index (κ2) is 14.3. The van der Waals surface area contributed by atoms with E-state index in [0.29, 0.717) is 11.5 Å². The molecule has 1 heterocycles. The van der Waals surface area contributed by atoms with Gasteiger partial charge < -0.3 is 23.8 Å². The molecule has 0 unspecified atom stereocenters. The molecule has 0 bridgehead atoms. The van der Waals surface area contributed by atoms with Gasteiger partial charge in [0.15, 0.2) is 0 Å². The van der Waals surface area contributed by atoms with Crippen LogP contribution in [-0.2, 0) is 7.05 Å². The molecule has 0 spiro atoms. The maximum Gasteiger partial charge on any atom is 0.269 e. The molecule has 0 aliphatic carbocycles. The summed E-state index contributed by atoms with van der Waals surface area (Å²) in [6.07, 6.45) is 0. The Hall–Kier alpha value is -7.92. The molecule has 0 amide bonds. The average Bonchev–Trinajstić information content (AvgIpc) is 3.55. The van der Waals surface area contributed by atoms with Crippen LogP contribution in [0, 0.1) is 20.2 Å². The van der Waals surface area contributed by atoms with Crippen molar-refractivity contribution >= 4 is 88.8 Å². The Balaban J connectivity index is 1.34. The van der Waals surface area contributed by atoms with E-state index in [1.165, 1.54) is 24.3 Å². The third-order valence-electron chi connectivity index (χ3n) is 10.8. The van der Waals surface area contributed by atoms with E-state index in [9.17, 15) is 20.2 Å². The average molecular weight is 766 g/mol. The Kier molecular flexibility index (Phi) is 8.82. The van der Waals surface area contributed by atoms with E-state index in [1.807, 2.05) is 72.8 Å². The molecule has 9 rings (SSSR count). The predicted molar refractivity (Wildman–Crippen MR) is 231 cm³/mol. The Morgan fingerprint density at radius 3 is 1.09 bits per heavy atom. The van der Waals surface area contributed by atoms with Crippen LogP contribution in [0.3, 0.4) is 0 Å². The Bertz CT molecular complexity index is 2830. The molecule has 284 valence electrons. The van der Waals surface area contributed by atoms with Crippen molar-refractivity contribution in [2.75, 3.05) is 24.0 Å². The highest BCUT2D eigenvalue weighted by Crippen LogP contribution is 2.49. The first-order valence-corrected chi connectivity index (χ1v) is 18.5. The van der Waals surface area contributed by atoms with Crippen molar-refractivity contribution in [2.45, 2.75) is 0 Å². The normalized spacial score (nSPS) is 11.3. The van der Waals surface area contributed by atoms with Crippen LogP contribution in [0.1, 0.15) is 0 Å². The number of nitrogens with zero attached hydrogens (tertiary/aromatic N) is 5. The second-order valence-corrected chi connectivity index (χ2v) is 13.8. The number of hydrogen-bond donors (Lipinski definition) is 0. The summed E-state index contributed by atoms with van der Waals surface area (Å²) in [4.78, 5) is 26.8. The first-order chi connectivity index (χ1) is 28.2. The molecule has 0 aliphatic heterocycles. The molecule has 0 radical (unpaired) electrons. The van der Waals surface area contributed by atoms with E-state index >= 15 is 0 Å². The number of aromatic nitrogens is 1. The van der Waals surface area contributed by atoms with E-state index in [0.717, 1.165) is 77.5 Å². The van der Waals surface area contributed by atoms with Gasteiger partial charge in [-0.3, -0.25) is 20.2 Å². The van der Waals surface area contributed by atoms with Gasteiger partial charge in [0.25, 0.3) is 11.4 Å². The van der Waals surface area contributed by atoms with Crippen LogP contribution in [0.5, 0.6) is 11.5 Å². The zero-order chi connectivity index (χ0) is 40.1. The zero-order valence-electron chi connectivity index (χ0n) is 31.7. The molecule has 8 aromatic carbocycles. The van der Waals surface area contributed by atoms with Gasteiger partial charge in [0.1, 0.15) is 11.5 Å². The lowest BCUT2D eigenvalue weighted by atomic mass is 9.96. The minimum atomic E-state index is -0.394. The van der Waals surface area contributed by atoms with E-state index in [2.05, 4.69) is 57.8 Å². The molecule has 1 aromatic heterocycles. The Labute approximate surface area is 332 Å². The summed E-state index contributed by atoms with van der Waals surface area (Å²) < 4.78 is 13.2. The molecule has 0 aliphatic rings.